The summed E-state index contributed by atoms with van der Waals surface area (Å²) in [5.41, 5.74) is 3.23. The van der Waals surface area contributed by atoms with Gasteiger partial charge in [-0.1, -0.05) is 29.8 Å². The number of nitrogens with one attached hydrogen (secondary N) is 1. The molecule has 0 saturated carbocycles. The molecule has 1 N–H and O–H groups in total. The van der Waals surface area contributed by atoms with Gasteiger partial charge in [0, 0.05) is 19.2 Å². The molecule has 0 spiro atoms. The summed E-state index contributed by atoms with van der Waals surface area (Å²) < 4.78 is 2.19. The van der Waals surface area contributed by atoms with Crippen molar-refractivity contribution in [2.75, 3.05) is 7.05 Å². The summed E-state index contributed by atoms with van der Waals surface area (Å²) in [6, 6.07) is 10.0. The van der Waals surface area contributed by atoms with Crippen molar-refractivity contribution in [2.45, 2.75) is 20.0 Å². The van der Waals surface area contributed by atoms with Gasteiger partial charge in [0.25, 0.3) is 0 Å². The molecule has 1 amide bonds. The van der Waals surface area contributed by atoms with E-state index in [0.717, 1.165) is 11.1 Å². The molecule has 0 atom stereocenters. The fourth-order valence-corrected chi connectivity index (χ4v) is 3.24. The number of aromatic nitrogens is 3. The van der Waals surface area contributed by atoms with Crippen molar-refractivity contribution in [1.29, 1.82) is 0 Å². The fourth-order valence-electron chi connectivity index (χ4n) is 2.39. The maximum atomic E-state index is 12.5. The van der Waals surface area contributed by atoms with Gasteiger partial charge in [-0.2, -0.15) is 16.4 Å². The Balaban J connectivity index is 1.80. The highest BCUT2D eigenvalue weighted by molar-refractivity contribution is 7.71. The van der Waals surface area contributed by atoms with Crippen molar-refractivity contribution in [3.05, 3.63) is 57.0 Å². The molecule has 0 aliphatic heterocycles. The van der Waals surface area contributed by atoms with Crippen LogP contribution in [0, 0.1) is 11.7 Å². The molecular weight excluding hydrogens is 340 g/mol. The van der Waals surface area contributed by atoms with Crippen molar-refractivity contribution in [3.8, 4) is 11.4 Å². The Kier molecular flexibility index (Phi) is 4.92. The van der Waals surface area contributed by atoms with Crippen molar-refractivity contribution in [3.63, 3.8) is 0 Å². The zero-order valence-corrected chi connectivity index (χ0v) is 15.2. The number of amides is 1. The first-order valence-corrected chi connectivity index (χ1v) is 8.87. The van der Waals surface area contributed by atoms with Crippen LogP contribution in [0.3, 0.4) is 0 Å². The Morgan fingerprint density at radius 1 is 1.33 bits per heavy atom. The Labute approximate surface area is 149 Å². The van der Waals surface area contributed by atoms with Crippen molar-refractivity contribution < 1.29 is 4.79 Å². The topological polar surface area (TPSA) is 53.9 Å². The van der Waals surface area contributed by atoms with Gasteiger partial charge in [0.15, 0.2) is 10.6 Å². The van der Waals surface area contributed by atoms with Crippen LogP contribution in [0.5, 0.6) is 0 Å². The number of rotatable bonds is 5. The zero-order chi connectivity index (χ0) is 17.1. The molecule has 3 rings (SSSR count). The Morgan fingerprint density at radius 3 is 2.75 bits per heavy atom. The van der Waals surface area contributed by atoms with Crippen molar-refractivity contribution in [2.24, 2.45) is 0 Å². The van der Waals surface area contributed by atoms with Crippen LogP contribution in [0.15, 0.2) is 41.1 Å². The molecule has 0 aliphatic carbocycles. The van der Waals surface area contributed by atoms with Crippen LogP contribution in [0.25, 0.3) is 11.4 Å². The normalized spacial score (nSPS) is 10.8. The lowest BCUT2D eigenvalue weighted by Crippen LogP contribution is -2.29. The summed E-state index contributed by atoms with van der Waals surface area (Å²) in [5, 5.41) is 11.1. The average Bonchev–Trinajstić information content (AvgIpc) is 3.19. The lowest BCUT2D eigenvalue weighted by molar-refractivity contribution is -0.131. The molecule has 7 heteroatoms. The summed E-state index contributed by atoms with van der Waals surface area (Å²) >= 11 is 6.92. The van der Waals surface area contributed by atoms with Crippen LogP contribution in [0.1, 0.15) is 11.1 Å². The van der Waals surface area contributed by atoms with Crippen molar-refractivity contribution >= 4 is 29.5 Å². The van der Waals surface area contributed by atoms with Gasteiger partial charge in [-0.25, -0.2) is 0 Å². The first kappa shape index (κ1) is 16.6. The van der Waals surface area contributed by atoms with Gasteiger partial charge in [0.1, 0.15) is 6.54 Å². The number of carbonyl (C=O) groups is 1. The molecule has 2 aromatic heterocycles. The third kappa shape index (κ3) is 3.63. The first-order valence-electron chi connectivity index (χ1n) is 7.52. The summed E-state index contributed by atoms with van der Waals surface area (Å²) in [6.07, 6.45) is 0. The molecule has 0 saturated heterocycles. The van der Waals surface area contributed by atoms with Gasteiger partial charge in [-0.05, 0) is 41.5 Å². The van der Waals surface area contributed by atoms with Gasteiger partial charge in [0.05, 0.1) is 0 Å². The number of benzene rings is 1. The second kappa shape index (κ2) is 7.11. The lowest BCUT2D eigenvalue weighted by atomic mass is 10.1. The Bertz CT molecular complexity index is 878. The standard InChI is InChI=1S/C17H18N4OS2/c1-12-3-5-14(6-4-12)16-18-19-17(23)21(16)10-15(22)20(2)9-13-7-8-24-11-13/h3-8,11H,9-10H2,1-2H3,(H,19,23). The molecule has 0 bridgehead atoms. The van der Waals surface area contributed by atoms with Gasteiger partial charge < -0.3 is 4.90 Å². The number of hydrogen-bond donors (Lipinski definition) is 1. The Morgan fingerprint density at radius 2 is 2.08 bits per heavy atom. The highest BCUT2D eigenvalue weighted by atomic mass is 32.1. The average molecular weight is 358 g/mol. The summed E-state index contributed by atoms with van der Waals surface area (Å²) in [5.74, 6) is 0.671. The van der Waals surface area contributed by atoms with Gasteiger partial charge >= 0.3 is 0 Å². The third-order valence-electron chi connectivity index (χ3n) is 3.79. The number of likely N-dealkylation sites (N-methyl/N-ethyl adjacent to an activating group) is 1. The van der Waals surface area contributed by atoms with E-state index in [0.29, 0.717) is 17.1 Å². The lowest BCUT2D eigenvalue weighted by Gasteiger charge is -2.17. The SMILES string of the molecule is Cc1ccc(-c2n[nH]c(=S)n2CC(=O)N(C)Cc2ccsc2)cc1. The Hall–Kier alpha value is -2.25. The van der Waals surface area contributed by atoms with Crippen molar-refractivity contribution in [1.82, 2.24) is 19.7 Å². The minimum Gasteiger partial charge on any atom is -0.340 e. The monoisotopic (exact) mass is 358 g/mol. The van der Waals surface area contributed by atoms with E-state index >= 15 is 0 Å². The molecule has 0 aliphatic rings. The van der Waals surface area contributed by atoms with E-state index in [9.17, 15) is 4.79 Å². The van der Waals surface area contributed by atoms with Crippen LogP contribution >= 0.6 is 23.6 Å². The zero-order valence-electron chi connectivity index (χ0n) is 13.5. The minimum absolute atomic E-state index is 0.00735. The quantitative estimate of drug-likeness (QED) is 0.709. The van der Waals surface area contributed by atoms with Gasteiger partial charge in [-0.3, -0.25) is 14.5 Å². The van der Waals surface area contributed by atoms with E-state index in [1.807, 2.05) is 48.0 Å². The maximum absolute atomic E-state index is 12.5. The fraction of sp³-hybridized carbons (Fsp3) is 0.235. The number of aromatic amines is 1. The summed E-state index contributed by atoms with van der Waals surface area (Å²) in [7, 11) is 1.80. The van der Waals surface area contributed by atoms with Crippen LogP contribution in [0.2, 0.25) is 0 Å². The van der Waals surface area contributed by atoms with Crippen LogP contribution in [-0.2, 0) is 17.9 Å². The van der Waals surface area contributed by atoms with E-state index in [1.165, 1.54) is 5.56 Å². The van der Waals surface area contributed by atoms with Gasteiger partial charge in [0.2, 0.25) is 5.91 Å². The van der Waals surface area contributed by atoms with Crippen LogP contribution in [-0.4, -0.2) is 32.6 Å². The van der Waals surface area contributed by atoms with E-state index in [-0.39, 0.29) is 12.5 Å². The molecular formula is C17H18N4OS2. The summed E-state index contributed by atoms with van der Waals surface area (Å²) in [4.78, 5) is 14.3. The second-order valence-electron chi connectivity index (χ2n) is 5.69. The third-order valence-corrected chi connectivity index (χ3v) is 4.83. The van der Waals surface area contributed by atoms with E-state index in [4.69, 9.17) is 12.2 Å². The number of aryl methyl sites for hydroxylation is 1. The molecule has 0 unspecified atom stereocenters. The highest BCUT2D eigenvalue weighted by Crippen LogP contribution is 2.18. The van der Waals surface area contributed by atoms with Crippen LogP contribution < -0.4 is 0 Å². The molecule has 1 aromatic carbocycles. The molecule has 24 heavy (non-hydrogen) atoms. The minimum atomic E-state index is -0.00735. The highest BCUT2D eigenvalue weighted by Gasteiger charge is 2.15. The molecule has 3 aromatic rings. The molecule has 2 heterocycles. The number of H-pyrrole nitrogens is 1. The predicted octanol–water partition coefficient (Wildman–Crippen LogP) is 3.64. The number of nitrogens with zero attached hydrogens (tertiary/aromatic N) is 3. The molecule has 124 valence electrons. The van der Waals surface area contributed by atoms with Crippen LogP contribution in [0.4, 0.5) is 0 Å². The number of carbonyl (C=O) groups excluding carboxylic acids is 1. The number of hydrogen-bond acceptors (Lipinski definition) is 4. The smallest absolute Gasteiger partial charge is 0.242 e. The molecule has 5 nitrogen and oxygen atoms in total. The van der Waals surface area contributed by atoms with E-state index in [1.54, 1.807) is 27.9 Å². The summed E-state index contributed by atoms with van der Waals surface area (Å²) in [6.45, 7) is 2.79. The van der Waals surface area contributed by atoms with E-state index in [2.05, 4.69) is 10.2 Å². The van der Waals surface area contributed by atoms with E-state index < -0.39 is 0 Å². The first-order chi connectivity index (χ1) is 11.5. The maximum Gasteiger partial charge on any atom is 0.242 e. The largest absolute Gasteiger partial charge is 0.340 e. The predicted molar refractivity (Wildman–Crippen MR) is 98.4 cm³/mol. The van der Waals surface area contributed by atoms with Gasteiger partial charge in [-0.15, -0.1) is 0 Å². The molecule has 0 radical (unpaired) electrons. The molecule has 0 fully saturated rings. The number of thiophene rings is 1. The second-order valence-corrected chi connectivity index (χ2v) is 6.85.